The van der Waals surface area contributed by atoms with Gasteiger partial charge in [0.1, 0.15) is 29.8 Å². The van der Waals surface area contributed by atoms with Gasteiger partial charge in [-0.2, -0.15) is 23.4 Å². The Labute approximate surface area is 213 Å². The molecule has 0 atom stereocenters. The van der Waals surface area contributed by atoms with Gasteiger partial charge in [-0.3, -0.25) is 14.4 Å². The molecule has 1 aliphatic rings. The van der Waals surface area contributed by atoms with Crippen LogP contribution in [-0.2, 0) is 17.5 Å². The van der Waals surface area contributed by atoms with Gasteiger partial charge in [0, 0.05) is 26.4 Å². The Morgan fingerprint density at radius 2 is 1.89 bits per heavy atom. The maximum absolute atomic E-state index is 13.7. The highest BCUT2D eigenvalue weighted by molar-refractivity contribution is 6.08. The Bertz CT molecular complexity index is 1410. The Balaban J connectivity index is 1.57. The lowest BCUT2D eigenvalue weighted by molar-refractivity contribution is -0.138. The van der Waals surface area contributed by atoms with Crippen molar-refractivity contribution in [2.45, 2.75) is 18.8 Å². The van der Waals surface area contributed by atoms with Gasteiger partial charge in [0.2, 0.25) is 5.91 Å². The molecular weight excluding hydrogens is 512 g/mol. The smallest absolute Gasteiger partial charge is 0.416 e. The molecule has 0 spiro atoms. The van der Waals surface area contributed by atoms with E-state index in [4.69, 9.17) is 4.74 Å². The molecule has 0 bridgehead atoms. The third kappa shape index (κ3) is 5.90. The van der Waals surface area contributed by atoms with Gasteiger partial charge in [-0.1, -0.05) is 0 Å². The lowest BCUT2D eigenvalue weighted by Gasteiger charge is -2.41. The number of hydrogen-bond acceptors (Lipinski definition) is 7. The first-order valence-corrected chi connectivity index (χ1v) is 11.2. The monoisotopic (exact) mass is 534 g/mol. The standard InChI is InChI=1S/C24H22F4N6O4/c1-32(2)20(35)13-33-6-4-19(21(23(33)37)22(36)31-16-3-5-29-30-10-16)34-11-18(12-34)38-17-8-14(24(26,27)28)7-15(25)9-17/h3-10,18H,11-13H2,1-2H3,(H,29,31,36). The molecule has 0 aliphatic carbocycles. The second kappa shape index (κ2) is 10.5. The molecule has 1 fully saturated rings. The number of rotatable bonds is 7. The van der Waals surface area contributed by atoms with Gasteiger partial charge in [-0.05, 0) is 24.3 Å². The van der Waals surface area contributed by atoms with Crippen molar-refractivity contribution in [2.24, 2.45) is 0 Å². The van der Waals surface area contributed by atoms with Crippen LogP contribution in [0.4, 0.5) is 28.9 Å². The van der Waals surface area contributed by atoms with E-state index in [9.17, 15) is 31.9 Å². The average molecular weight is 534 g/mol. The number of aromatic nitrogens is 3. The van der Waals surface area contributed by atoms with Crippen LogP contribution in [0.15, 0.2) is 53.7 Å². The van der Waals surface area contributed by atoms with Crippen LogP contribution in [0.1, 0.15) is 15.9 Å². The van der Waals surface area contributed by atoms with Crippen molar-refractivity contribution in [1.82, 2.24) is 19.7 Å². The van der Waals surface area contributed by atoms with Crippen molar-refractivity contribution in [1.29, 1.82) is 0 Å². The van der Waals surface area contributed by atoms with Crippen LogP contribution in [-0.4, -0.2) is 64.8 Å². The number of likely N-dealkylation sites (N-methyl/N-ethyl adjacent to an activating group) is 1. The van der Waals surface area contributed by atoms with Crippen molar-refractivity contribution < 1.29 is 31.9 Å². The first-order chi connectivity index (χ1) is 17.9. The minimum atomic E-state index is -4.74. The van der Waals surface area contributed by atoms with E-state index in [1.54, 1.807) is 4.90 Å². The molecule has 1 aromatic carbocycles. The van der Waals surface area contributed by atoms with Gasteiger partial charge < -0.3 is 24.4 Å². The number of halogens is 4. The number of amides is 2. The zero-order chi connectivity index (χ0) is 27.6. The number of ether oxygens (including phenoxy) is 1. The summed E-state index contributed by atoms with van der Waals surface area (Å²) in [6.07, 6.45) is -1.35. The number of pyridine rings is 1. The Morgan fingerprint density at radius 3 is 2.53 bits per heavy atom. The second-order valence-corrected chi connectivity index (χ2v) is 8.70. The van der Waals surface area contributed by atoms with Gasteiger partial charge in [-0.25, -0.2) is 4.39 Å². The molecule has 200 valence electrons. The SMILES string of the molecule is CN(C)C(=O)Cn1ccc(N2CC(Oc3cc(F)cc(C(F)(F)F)c3)C2)c(C(=O)Nc2ccnnc2)c1=O. The maximum atomic E-state index is 13.7. The van der Waals surface area contributed by atoms with E-state index in [-0.39, 0.29) is 48.2 Å². The van der Waals surface area contributed by atoms with Crippen molar-refractivity contribution >= 4 is 23.2 Å². The van der Waals surface area contributed by atoms with Crippen molar-refractivity contribution in [2.75, 3.05) is 37.4 Å². The van der Waals surface area contributed by atoms with Gasteiger partial charge in [0.05, 0.1) is 42.4 Å². The van der Waals surface area contributed by atoms with Crippen LogP contribution >= 0.6 is 0 Å². The highest BCUT2D eigenvalue weighted by atomic mass is 19.4. The number of nitrogens with zero attached hydrogens (tertiary/aromatic N) is 5. The molecule has 0 unspecified atom stereocenters. The Morgan fingerprint density at radius 1 is 1.16 bits per heavy atom. The normalized spacial score (nSPS) is 13.6. The van der Waals surface area contributed by atoms with E-state index in [0.29, 0.717) is 12.1 Å². The number of nitrogens with one attached hydrogen (secondary N) is 1. The van der Waals surface area contributed by atoms with Gasteiger partial charge in [0.25, 0.3) is 11.5 Å². The van der Waals surface area contributed by atoms with E-state index in [1.165, 1.54) is 49.7 Å². The summed E-state index contributed by atoms with van der Waals surface area (Å²) in [5, 5.41) is 9.86. The highest BCUT2D eigenvalue weighted by Gasteiger charge is 2.35. The topological polar surface area (TPSA) is 110 Å². The largest absolute Gasteiger partial charge is 0.487 e. The van der Waals surface area contributed by atoms with E-state index < -0.39 is 35.1 Å². The predicted octanol–water partition coefficient (Wildman–Crippen LogP) is 2.40. The molecule has 0 radical (unpaired) electrons. The lowest BCUT2D eigenvalue weighted by Crippen LogP contribution is -2.55. The minimum Gasteiger partial charge on any atom is -0.487 e. The van der Waals surface area contributed by atoms with E-state index in [1.807, 2.05) is 0 Å². The van der Waals surface area contributed by atoms with E-state index >= 15 is 0 Å². The molecular formula is C24H22F4N6O4. The molecule has 10 nitrogen and oxygen atoms in total. The van der Waals surface area contributed by atoms with Crippen LogP contribution in [0.2, 0.25) is 0 Å². The molecule has 1 N–H and O–H groups in total. The zero-order valence-corrected chi connectivity index (χ0v) is 20.2. The molecule has 14 heteroatoms. The third-order valence-corrected chi connectivity index (χ3v) is 5.71. The quantitative estimate of drug-likeness (QED) is 0.464. The predicted molar refractivity (Wildman–Crippen MR) is 127 cm³/mol. The molecule has 4 rings (SSSR count). The van der Waals surface area contributed by atoms with Crippen LogP contribution in [0.3, 0.4) is 0 Å². The van der Waals surface area contributed by atoms with Gasteiger partial charge in [-0.15, -0.1) is 0 Å². The van der Waals surface area contributed by atoms with E-state index in [0.717, 1.165) is 10.6 Å². The third-order valence-electron chi connectivity index (χ3n) is 5.71. The van der Waals surface area contributed by atoms with Crippen molar-refractivity contribution in [3.05, 3.63) is 76.2 Å². The maximum Gasteiger partial charge on any atom is 0.416 e. The Hall–Kier alpha value is -4.49. The summed E-state index contributed by atoms with van der Waals surface area (Å²) in [5.74, 6) is -2.50. The summed E-state index contributed by atoms with van der Waals surface area (Å²) in [6.45, 7) is -0.0832. The minimum absolute atomic E-state index is 0.106. The number of carbonyl (C=O) groups excluding carboxylic acids is 2. The number of hydrogen-bond donors (Lipinski definition) is 1. The number of carbonyl (C=O) groups is 2. The summed E-state index contributed by atoms with van der Waals surface area (Å²) in [6, 6.07) is 4.89. The zero-order valence-electron chi connectivity index (χ0n) is 20.2. The molecule has 3 aromatic rings. The van der Waals surface area contributed by atoms with Gasteiger partial charge in [0.15, 0.2) is 0 Å². The lowest BCUT2D eigenvalue weighted by atomic mass is 10.1. The van der Waals surface area contributed by atoms with Gasteiger partial charge >= 0.3 is 6.18 Å². The van der Waals surface area contributed by atoms with Crippen LogP contribution in [0.25, 0.3) is 0 Å². The number of benzene rings is 1. The average Bonchev–Trinajstić information content (AvgIpc) is 2.82. The fraction of sp³-hybridized carbons (Fsp3) is 0.292. The summed E-state index contributed by atoms with van der Waals surface area (Å²) < 4.78 is 59.3. The molecule has 1 saturated heterocycles. The summed E-state index contributed by atoms with van der Waals surface area (Å²) in [7, 11) is 3.06. The summed E-state index contributed by atoms with van der Waals surface area (Å²) in [4.78, 5) is 41.5. The molecule has 2 amide bonds. The number of anilines is 2. The van der Waals surface area contributed by atoms with Crippen molar-refractivity contribution in [3.8, 4) is 5.75 Å². The van der Waals surface area contributed by atoms with Crippen LogP contribution < -0.4 is 20.5 Å². The van der Waals surface area contributed by atoms with Crippen LogP contribution in [0.5, 0.6) is 5.75 Å². The fourth-order valence-electron chi connectivity index (χ4n) is 3.71. The highest BCUT2D eigenvalue weighted by Crippen LogP contribution is 2.33. The molecule has 2 aromatic heterocycles. The van der Waals surface area contributed by atoms with Crippen LogP contribution in [0, 0.1) is 5.82 Å². The molecule has 38 heavy (non-hydrogen) atoms. The van der Waals surface area contributed by atoms with E-state index in [2.05, 4.69) is 15.5 Å². The number of alkyl halides is 3. The first kappa shape index (κ1) is 26.6. The first-order valence-electron chi connectivity index (χ1n) is 11.2. The molecule has 0 saturated carbocycles. The fourth-order valence-corrected chi connectivity index (χ4v) is 3.71. The Kier molecular flexibility index (Phi) is 7.32. The summed E-state index contributed by atoms with van der Waals surface area (Å²) >= 11 is 0. The molecule has 3 heterocycles. The summed E-state index contributed by atoms with van der Waals surface area (Å²) in [5.41, 5.74) is -1.63. The second-order valence-electron chi connectivity index (χ2n) is 8.70. The van der Waals surface area contributed by atoms with Crippen molar-refractivity contribution in [3.63, 3.8) is 0 Å². The molecule has 1 aliphatic heterocycles.